The summed E-state index contributed by atoms with van der Waals surface area (Å²) < 4.78 is 1.74. The number of nitrogens with zero attached hydrogens (tertiary/aromatic N) is 3. The zero-order valence-electron chi connectivity index (χ0n) is 12.1. The predicted octanol–water partition coefficient (Wildman–Crippen LogP) is 2.49. The SMILES string of the molecule is CC[C@@H](NC(=O)c1cnn(CC)c1)c1cc(C)ccn1. The maximum absolute atomic E-state index is 12.2. The smallest absolute Gasteiger partial charge is 0.255 e. The van der Waals surface area contributed by atoms with Crippen LogP contribution in [-0.2, 0) is 6.54 Å². The number of carbonyl (C=O) groups is 1. The van der Waals surface area contributed by atoms with Gasteiger partial charge in [0.05, 0.1) is 23.5 Å². The average molecular weight is 272 g/mol. The number of pyridine rings is 1. The highest BCUT2D eigenvalue weighted by Crippen LogP contribution is 2.15. The highest BCUT2D eigenvalue weighted by molar-refractivity contribution is 5.93. The largest absolute Gasteiger partial charge is 0.344 e. The lowest BCUT2D eigenvalue weighted by atomic mass is 10.1. The maximum atomic E-state index is 12.2. The molecule has 0 radical (unpaired) electrons. The third kappa shape index (κ3) is 3.23. The molecular weight excluding hydrogens is 252 g/mol. The lowest BCUT2D eigenvalue weighted by Crippen LogP contribution is -2.28. The van der Waals surface area contributed by atoms with Crippen LogP contribution in [0.15, 0.2) is 30.7 Å². The molecule has 2 aromatic rings. The van der Waals surface area contributed by atoms with Crippen molar-refractivity contribution in [2.24, 2.45) is 0 Å². The molecule has 0 aliphatic heterocycles. The molecule has 2 rings (SSSR count). The van der Waals surface area contributed by atoms with Gasteiger partial charge in [0, 0.05) is 18.9 Å². The van der Waals surface area contributed by atoms with Crippen LogP contribution in [0, 0.1) is 6.92 Å². The summed E-state index contributed by atoms with van der Waals surface area (Å²) in [6.07, 6.45) is 5.92. The molecule has 2 heterocycles. The van der Waals surface area contributed by atoms with E-state index < -0.39 is 0 Å². The molecular formula is C15H20N4O. The molecule has 1 amide bonds. The van der Waals surface area contributed by atoms with Gasteiger partial charge in [-0.3, -0.25) is 14.5 Å². The van der Waals surface area contributed by atoms with E-state index in [0.717, 1.165) is 24.2 Å². The fourth-order valence-corrected chi connectivity index (χ4v) is 2.03. The van der Waals surface area contributed by atoms with Gasteiger partial charge in [0.2, 0.25) is 0 Å². The second kappa shape index (κ2) is 6.32. The minimum atomic E-state index is -0.111. The summed E-state index contributed by atoms with van der Waals surface area (Å²) in [6.45, 7) is 6.79. The number of nitrogens with one attached hydrogen (secondary N) is 1. The Morgan fingerprint density at radius 3 is 2.85 bits per heavy atom. The number of aromatic nitrogens is 3. The number of aryl methyl sites for hydroxylation is 2. The molecule has 0 unspecified atom stereocenters. The van der Waals surface area contributed by atoms with Gasteiger partial charge in [-0.2, -0.15) is 5.10 Å². The number of hydrogen-bond donors (Lipinski definition) is 1. The van der Waals surface area contributed by atoms with Crippen molar-refractivity contribution < 1.29 is 4.79 Å². The Morgan fingerprint density at radius 2 is 2.25 bits per heavy atom. The molecule has 5 heteroatoms. The molecule has 106 valence electrons. The first kappa shape index (κ1) is 14.2. The molecule has 5 nitrogen and oxygen atoms in total. The molecule has 1 N–H and O–H groups in total. The summed E-state index contributed by atoms with van der Waals surface area (Å²) in [5.41, 5.74) is 2.61. The van der Waals surface area contributed by atoms with Crippen LogP contribution in [0.1, 0.15) is 47.9 Å². The molecule has 0 bridgehead atoms. The van der Waals surface area contributed by atoms with E-state index in [9.17, 15) is 4.79 Å². The van der Waals surface area contributed by atoms with Crippen LogP contribution in [0.3, 0.4) is 0 Å². The number of carbonyl (C=O) groups excluding carboxylic acids is 1. The Labute approximate surface area is 119 Å². The van der Waals surface area contributed by atoms with E-state index in [4.69, 9.17) is 0 Å². The van der Waals surface area contributed by atoms with Crippen LogP contribution in [0.4, 0.5) is 0 Å². The lowest BCUT2D eigenvalue weighted by Gasteiger charge is -2.16. The predicted molar refractivity (Wildman–Crippen MR) is 77.4 cm³/mol. The molecule has 0 saturated heterocycles. The molecule has 0 aliphatic carbocycles. The second-order valence-corrected chi connectivity index (χ2v) is 4.78. The van der Waals surface area contributed by atoms with Crippen LogP contribution in [0.5, 0.6) is 0 Å². The van der Waals surface area contributed by atoms with E-state index in [1.807, 2.05) is 32.9 Å². The Kier molecular flexibility index (Phi) is 4.50. The van der Waals surface area contributed by atoms with Crippen molar-refractivity contribution in [2.45, 2.75) is 39.8 Å². The molecule has 0 fully saturated rings. The van der Waals surface area contributed by atoms with E-state index in [2.05, 4.69) is 15.4 Å². The van der Waals surface area contributed by atoms with Gasteiger partial charge in [-0.25, -0.2) is 0 Å². The average Bonchev–Trinajstić information content (AvgIpc) is 2.93. The van der Waals surface area contributed by atoms with Crippen LogP contribution in [0.25, 0.3) is 0 Å². The third-order valence-electron chi connectivity index (χ3n) is 3.23. The van der Waals surface area contributed by atoms with Gasteiger partial charge in [0.1, 0.15) is 0 Å². The van der Waals surface area contributed by atoms with Gasteiger partial charge in [-0.05, 0) is 38.0 Å². The van der Waals surface area contributed by atoms with Crippen LogP contribution >= 0.6 is 0 Å². The fraction of sp³-hybridized carbons (Fsp3) is 0.400. The van der Waals surface area contributed by atoms with Crippen molar-refractivity contribution in [2.75, 3.05) is 0 Å². The van der Waals surface area contributed by atoms with E-state index >= 15 is 0 Å². The molecule has 0 spiro atoms. The van der Waals surface area contributed by atoms with Crippen LogP contribution in [-0.4, -0.2) is 20.7 Å². The monoisotopic (exact) mass is 272 g/mol. The summed E-state index contributed by atoms with van der Waals surface area (Å²) in [7, 11) is 0. The van der Waals surface area contributed by atoms with Gasteiger partial charge < -0.3 is 5.32 Å². The zero-order chi connectivity index (χ0) is 14.5. The summed E-state index contributed by atoms with van der Waals surface area (Å²) in [5, 5.41) is 7.13. The topological polar surface area (TPSA) is 59.8 Å². The summed E-state index contributed by atoms with van der Waals surface area (Å²) in [5.74, 6) is -0.111. The number of rotatable bonds is 5. The highest BCUT2D eigenvalue weighted by atomic mass is 16.1. The molecule has 0 saturated carbocycles. The van der Waals surface area contributed by atoms with Gasteiger partial charge in [-0.15, -0.1) is 0 Å². The summed E-state index contributed by atoms with van der Waals surface area (Å²) in [4.78, 5) is 16.6. The minimum absolute atomic E-state index is 0.0765. The zero-order valence-corrected chi connectivity index (χ0v) is 12.1. The molecule has 20 heavy (non-hydrogen) atoms. The first-order valence-corrected chi connectivity index (χ1v) is 6.90. The first-order chi connectivity index (χ1) is 9.63. The Hall–Kier alpha value is -2.17. The Balaban J connectivity index is 2.11. The standard InChI is InChI=1S/C15H20N4O/c1-4-13(14-8-11(3)6-7-16-14)18-15(20)12-9-17-19(5-2)10-12/h6-10,13H,4-5H2,1-3H3,(H,18,20)/t13-/m1/s1. The van der Waals surface area contributed by atoms with Crippen molar-refractivity contribution in [3.63, 3.8) is 0 Å². The van der Waals surface area contributed by atoms with Gasteiger partial charge >= 0.3 is 0 Å². The van der Waals surface area contributed by atoms with Crippen molar-refractivity contribution >= 4 is 5.91 Å². The summed E-state index contributed by atoms with van der Waals surface area (Å²) in [6, 6.07) is 3.88. The minimum Gasteiger partial charge on any atom is -0.344 e. The van der Waals surface area contributed by atoms with Crippen molar-refractivity contribution in [1.29, 1.82) is 0 Å². The Bertz CT molecular complexity index is 591. The third-order valence-corrected chi connectivity index (χ3v) is 3.23. The van der Waals surface area contributed by atoms with Crippen molar-refractivity contribution in [1.82, 2.24) is 20.1 Å². The molecule has 0 aliphatic rings. The number of hydrogen-bond acceptors (Lipinski definition) is 3. The molecule has 0 aromatic carbocycles. The van der Waals surface area contributed by atoms with Gasteiger partial charge in [0.25, 0.3) is 5.91 Å². The first-order valence-electron chi connectivity index (χ1n) is 6.90. The van der Waals surface area contributed by atoms with E-state index in [1.54, 1.807) is 23.3 Å². The van der Waals surface area contributed by atoms with Crippen LogP contribution in [0.2, 0.25) is 0 Å². The normalized spacial score (nSPS) is 12.2. The van der Waals surface area contributed by atoms with E-state index in [1.165, 1.54) is 0 Å². The van der Waals surface area contributed by atoms with Gasteiger partial charge in [0.15, 0.2) is 0 Å². The lowest BCUT2D eigenvalue weighted by molar-refractivity contribution is 0.0934. The fourth-order valence-electron chi connectivity index (χ4n) is 2.03. The summed E-state index contributed by atoms with van der Waals surface area (Å²) >= 11 is 0. The Morgan fingerprint density at radius 1 is 1.45 bits per heavy atom. The van der Waals surface area contributed by atoms with Crippen molar-refractivity contribution in [3.8, 4) is 0 Å². The maximum Gasteiger partial charge on any atom is 0.255 e. The highest BCUT2D eigenvalue weighted by Gasteiger charge is 2.16. The van der Waals surface area contributed by atoms with E-state index in [0.29, 0.717) is 5.56 Å². The van der Waals surface area contributed by atoms with Crippen LogP contribution < -0.4 is 5.32 Å². The number of amides is 1. The van der Waals surface area contributed by atoms with E-state index in [-0.39, 0.29) is 11.9 Å². The second-order valence-electron chi connectivity index (χ2n) is 4.78. The van der Waals surface area contributed by atoms with Gasteiger partial charge in [-0.1, -0.05) is 6.92 Å². The quantitative estimate of drug-likeness (QED) is 0.909. The van der Waals surface area contributed by atoms with Crippen molar-refractivity contribution in [3.05, 3.63) is 47.5 Å². The molecule has 1 atom stereocenters. The molecule has 2 aromatic heterocycles.